The number of hydrogen-bond donors (Lipinski definition) is 1. The summed E-state index contributed by atoms with van der Waals surface area (Å²) in [6.45, 7) is 0.579. The number of esters is 1. The molecule has 0 bridgehead atoms. The molecule has 1 N–H and O–H groups in total. The van der Waals surface area contributed by atoms with Crippen molar-refractivity contribution in [3.8, 4) is 5.75 Å². The lowest BCUT2D eigenvalue weighted by molar-refractivity contribution is -0.141. The van der Waals surface area contributed by atoms with Gasteiger partial charge in [-0.1, -0.05) is 72.8 Å². The summed E-state index contributed by atoms with van der Waals surface area (Å²) in [5.41, 5.74) is 3.19. The molecule has 0 saturated carbocycles. The highest BCUT2D eigenvalue weighted by atomic mass is 16.5. The van der Waals surface area contributed by atoms with Crippen LogP contribution in [-0.4, -0.2) is 44.0 Å². The van der Waals surface area contributed by atoms with Gasteiger partial charge in [-0.3, -0.25) is 9.59 Å². The first-order chi connectivity index (χ1) is 22.5. The van der Waals surface area contributed by atoms with E-state index in [1.807, 2.05) is 78.9 Å². The van der Waals surface area contributed by atoms with E-state index >= 15 is 0 Å². The summed E-state index contributed by atoms with van der Waals surface area (Å²) in [6, 6.07) is 35.7. The number of nitrogens with one attached hydrogen (secondary N) is 1. The first-order valence-corrected chi connectivity index (χ1v) is 14.8. The molecule has 1 amide bonds. The Kier molecular flexibility index (Phi) is 10.8. The van der Waals surface area contributed by atoms with E-state index in [0.717, 1.165) is 11.3 Å². The Balaban J connectivity index is 1.22. The van der Waals surface area contributed by atoms with Crippen LogP contribution in [0, 0.1) is 0 Å². The molecule has 0 aliphatic rings. The highest BCUT2D eigenvalue weighted by Gasteiger charge is 2.23. The monoisotopic (exact) mass is 614 g/mol. The Bertz CT molecular complexity index is 1750. The van der Waals surface area contributed by atoms with Crippen LogP contribution in [0.1, 0.15) is 27.2 Å². The SMILES string of the molecule is COC(=O)[C@H](Cc1ccc(OCCN(C(=O)C=Cc2ccco2)c2ccccc2)cc1)Nc1ccccc1C(=O)c1ccccc1. The summed E-state index contributed by atoms with van der Waals surface area (Å²) in [4.78, 5) is 40.7. The summed E-state index contributed by atoms with van der Waals surface area (Å²) >= 11 is 0. The van der Waals surface area contributed by atoms with Crippen LogP contribution in [0.5, 0.6) is 5.75 Å². The number of hydrogen-bond acceptors (Lipinski definition) is 7. The van der Waals surface area contributed by atoms with Crippen LogP contribution in [0.4, 0.5) is 11.4 Å². The number of furan rings is 1. The zero-order valence-electron chi connectivity index (χ0n) is 25.4. The summed E-state index contributed by atoms with van der Waals surface area (Å²) in [7, 11) is 1.34. The summed E-state index contributed by atoms with van der Waals surface area (Å²) < 4.78 is 16.4. The number of rotatable bonds is 14. The van der Waals surface area contributed by atoms with Crippen LogP contribution in [-0.2, 0) is 20.7 Å². The zero-order chi connectivity index (χ0) is 32.1. The lowest BCUT2D eigenvalue weighted by atomic mass is 10.00. The molecule has 1 aromatic heterocycles. The van der Waals surface area contributed by atoms with Crippen LogP contribution in [0.3, 0.4) is 0 Å². The lowest BCUT2D eigenvalue weighted by Gasteiger charge is -2.22. The molecule has 4 aromatic carbocycles. The fourth-order valence-electron chi connectivity index (χ4n) is 4.89. The highest BCUT2D eigenvalue weighted by molar-refractivity contribution is 6.12. The average molecular weight is 615 g/mol. The van der Waals surface area contributed by atoms with Crippen LogP contribution in [0.25, 0.3) is 6.08 Å². The van der Waals surface area contributed by atoms with Gasteiger partial charge >= 0.3 is 5.97 Å². The molecule has 0 unspecified atom stereocenters. The van der Waals surface area contributed by atoms with Crippen LogP contribution in [0.15, 0.2) is 138 Å². The number of ketones is 1. The number of carbonyl (C=O) groups excluding carboxylic acids is 3. The fraction of sp³-hybridized carbons (Fsp3) is 0.132. The molecule has 0 fully saturated rings. The maximum absolute atomic E-state index is 13.2. The van der Waals surface area contributed by atoms with E-state index in [9.17, 15) is 14.4 Å². The third-order valence-electron chi connectivity index (χ3n) is 7.24. The van der Waals surface area contributed by atoms with Crippen molar-refractivity contribution in [1.29, 1.82) is 0 Å². The topological polar surface area (TPSA) is 98.1 Å². The van der Waals surface area contributed by atoms with Crippen molar-refractivity contribution in [2.24, 2.45) is 0 Å². The third kappa shape index (κ3) is 8.39. The van der Waals surface area contributed by atoms with Gasteiger partial charge in [0.1, 0.15) is 24.2 Å². The predicted molar refractivity (Wildman–Crippen MR) is 178 cm³/mol. The third-order valence-corrected chi connectivity index (χ3v) is 7.24. The lowest BCUT2D eigenvalue weighted by Crippen LogP contribution is -2.33. The molecule has 1 atom stereocenters. The number of ether oxygens (including phenoxy) is 2. The van der Waals surface area contributed by atoms with Crippen LogP contribution < -0.4 is 15.0 Å². The Morgan fingerprint density at radius 1 is 0.826 bits per heavy atom. The molecular weight excluding hydrogens is 580 g/mol. The minimum absolute atomic E-state index is 0.144. The van der Waals surface area contributed by atoms with Gasteiger partial charge in [0.25, 0.3) is 5.91 Å². The van der Waals surface area contributed by atoms with E-state index in [2.05, 4.69) is 5.32 Å². The number of carbonyl (C=O) groups is 3. The van der Waals surface area contributed by atoms with Gasteiger partial charge < -0.3 is 24.1 Å². The Labute approximate surface area is 267 Å². The molecule has 5 aromatic rings. The van der Waals surface area contributed by atoms with Gasteiger partial charge in [0.15, 0.2) is 5.78 Å². The van der Waals surface area contributed by atoms with Crippen molar-refractivity contribution in [2.45, 2.75) is 12.5 Å². The second-order valence-corrected chi connectivity index (χ2v) is 10.3. The minimum atomic E-state index is -0.735. The standard InChI is InChI=1S/C38H34N2O6/c1-44-38(43)35(39-34-17-9-8-16-33(34)37(42)29-11-4-2-5-12-29)27-28-18-20-32(21-19-28)46-26-24-40(30-13-6-3-7-14-30)36(41)23-22-31-15-10-25-45-31/h2-23,25,35,39H,24,26-27H2,1H3/t35-/m0/s1. The van der Waals surface area contributed by atoms with Gasteiger partial charge in [0, 0.05) is 35.0 Å². The minimum Gasteiger partial charge on any atom is -0.492 e. The van der Waals surface area contributed by atoms with Crippen molar-refractivity contribution < 1.29 is 28.3 Å². The molecular formula is C38H34N2O6. The zero-order valence-corrected chi connectivity index (χ0v) is 25.4. The second-order valence-electron chi connectivity index (χ2n) is 10.3. The predicted octanol–water partition coefficient (Wildman–Crippen LogP) is 6.83. The molecule has 46 heavy (non-hydrogen) atoms. The van der Waals surface area contributed by atoms with E-state index in [4.69, 9.17) is 13.9 Å². The van der Waals surface area contributed by atoms with Crippen molar-refractivity contribution in [3.63, 3.8) is 0 Å². The molecule has 8 heteroatoms. The molecule has 1 heterocycles. The van der Waals surface area contributed by atoms with E-state index in [-0.39, 0.29) is 18.3 Å². The quantitative estimate of drug-likeness (QED) is 0.0832. The van der Waals surface area contributed by atoms with E-state index in [1.54, 1.807) is 59.7 Å². The fourth-order valence-corrected chi connectivity index (χ4v) is 4.89. The maximum atomic E-state index is 13.2. The van der Waals surface area contributed by atoms with E-state index in [1.165, 1.54) is 13.2 Å². The van der Waals surface area contributed by atoms with Crippen molar-refractivity contribution in [3.05, 3.63) is 156 Å². The first kappa shape index (κ1) is 31.5. The number of para-hydroxylation sites is 2. The van der Waals surface area contributed by atoms with Gasteiger partial charge in [-0.2, -0.15) is 0 Å². The van der Waals surface area contributed by atoms with Gasteiger partial charge in [-0.25, -0.2) is 4.79 Å². The van der Waals surface area contributed by atoms with Crippen molar-refractivity contribution in [2.75, 3.05) is 30.5 Å². The molecule has 8 nitrogen and oxygen atoms in total. The molecule has 0 aliphatic carbocycles. The first-order valence-electron chi connectivity index (χ1n) is 14.8. The van der Waals surface area contributed by atoms with Crippen LogP contribution in [0.2, 0.25) is 0 Å². The van der Waals surface area contributed by atoms with E-state index < -0.39 is 12.0 Å². The summed E-state index contributed by atoms with van der Waals surface area (Å²) in [5, 5.41) is 3.23. The number of methoxy groups -OCH3 is 1. The Hall–Kier alpha value is -5.89. The van der Waals surface area contributed by atoms with Crippen molar-refractivity contribution in [1.82, 2.24) is 0 Å². The van der Waals surface area contributed by atoms with Gasteiger partial charge in [0.2, 0.25) is 0 Å². The number of anilines is 2. The highest BCUT2D eigenvalue weighted by Crippen LogP contribution is 2.22. The Morgan fingerprint density at radius 2 is 1.52 bits per heavy atom. The normalized spacial score (nSPS) is 11.5. The smallest absolute Gasteiger partial charge is 0.328 e. The van der Waals surface area contributed by atoms with Crippen molar-refractivity contribution >= 4 is 35.1 Å². The van der Waals surface area contributed by atoms with Gasteiger partial charge in [-0.15, -0.1) is 0 Å². The van der Waals surface area contributed by atoms with Gasteiger partial charge in [-0.05, 0) is 60.2 Å². The summed E-state index contributed by atoms with van der Waals surface area (Å²) in [5.74, 6) is 0.419. The van der Waals surface area contributed by atoms with Gasteiger partial charge in [0.05, 0.1) is 19.9 Å². The average Bonchev–Trinajstić information content (AvgIpc) is 3.64. The maximum Gasteiger partial charge on any atom is 0.328 e. The second kappa shape index (κ2) is 15.7. The van der Waals surface area contributed by atoms with E-state index in [0.29, 0.717) is 41.3 Å². The van der Waals surface area contributed by atoms with Crippen LogP contribution >= 0.6 is 0 Å². The Morgan fingerprint density at radius 3 is 2.22 bits per heavy atom. The molecule has 232 valence electrons. The molecule has 0 spiro atoms. The summed E-state index contributed by atoms with van der Waals surface area (Å²) in [6.07, 6.45) is 4.98. The molecule has 0 saturated heterocycles. The molecule has 5 rings (SSSR count). The molecule has 0 radical (unpaired) electrons. The molecule has 0 aliphatic heterocycles. The number of benzene rings is 4. The largest absolute Gasteiger partial charge is 0.492 e. The number of nitrogens with zero attached hydrogens (tertiary/aromatic N) is 1. The number of amides is 1.